The molecule has 1 atom stereocenters. The van der Waals surface area contributed by atoms with Gasteiger partial charge >= 0.3 is 0 Å². The van der Waals surface area contributed by atoms with Crippen LogP contribution in [0.5, 0.6) is 5.75 Å². The number of ether oxygens (including phenoxy) is 1. The normalized spacial score (nSPS) is 18.4. The van der Waals surface area contributed by atoms with E-state index in [1.165, 1.54) is 5.56 Å². The molecular weight excluding hydrogens is 226 g/mol. The van der Waals surface area contributed by atoms with Crippen molar-refractivity contribution in [3.63, 3.8) is 0 Å². The Morgan fingerprint density at radius 2 is 2.00 bits per heavy atom. The Labute approximate surface area is 107 Å². The van der Waals surface area contributed by atoms with E-state index in [0.29, 0.717) is 0 Å². The highest BCUT2D eigenvalue weighted by Crippen LogP contribution is 2.28. The molecule has 2 heterocycles. The van der Waals surface area contributed by atoms with Gasteiger partial charge in [0, 0.05) is 6.54 Å². The summed E-state index contributed by atoms with van der Waals surface area (Å²) in [5, 5.41) is 4.38. The second-order valence-corrected chi connectivity index (χ2v) is 4.80. The first-order chi connectivity index (χ1) is 8.72. The van der Waals surface area contributed by atoms with E-state index in [4.69, 9.17) is 4.74 Å². The van der Waals surface area contributed by atoms with Gasteiger partial charge in [-0.3, -0.25) is 0 Å². The van der Waals surface area contributed by atoms with Crippen molar-refractivity contribution < 1.29 is 4.74 Å². The number of aryl methyl sites for hydroxylation is 3. The summed E-state index contributed by atoms with van der Waals surface area (Å²) in [5.74, 6) is 2.68. The first-order valence-electron chi connectivity index (χ1n) is 6.37. The molecule has 94 valence electrons. The van der Waals surface area contributed by atoms with Crippen molar-refractivity contribution in [2.45, 2.75) is 39.3 Å². The van der Waals surface area contributed by atoms with Crippen molar-refractivity contribution in [2.75, 3.05) is 0 Å². The Balaban J connectivity index is 1.83. The van der Waals surface area contributed by atoms with Crippen LogP contribution in [0.25, 0.3) is 0 Å². The van der Waals surface area contributed by atoms with Crippen molar-refractivity contribution in [3.05, 3.63) is 41.5 Å². The third kappa shape index (κ3) is 2.10. The molecule has 4 heteroatoms. The van der Waals surface area contributed by atoms with Crippen LogP contribution in [0.3, 0.4) is 0 Å². The maximum atomic E-state index is 6.03. The van der Waals surface area contributed by atoms with E-state index < -0.39 is 0 Å². The minimum Gasteiger partial charge on any atom is -0.482 e. The van der Waals surface area contributed by atoms with Crippen LogP contribution in [0.15, 0.2) is 24.3 Å². The fourth-order valence-corrected chi connectivity index (χ4v) is 2.32. The molecule has 4 nitrogen and oxygen atoms in total. The fourth-order valence-electron chi connectivity index (χ4n) is 2.32. The molecule has 1 aromatic heterocycles. The zero-order valence-electron chi connectivity index (χ0n) is 10.8. The molecule has 0 bridgehead atoms. The lowest BCUT2D eigenvalue weighted by Crippen LogP contribution is -2.21. The predicted octanol–water partition coefficient (Wildman–Crippen LogP) is 2.81. The van der Waals surface area contributed by atoms with E-state index >= 15 is 0 Å². The molecule has 3 rings (SSSR count). The maximum absolute atomic E-state index is 6.03. The first-order valence-corrected chi connectivity index (χ1v) is 6.37. The van der Waals surface area contributed by atoms with Crippen molar-refractivity contribution in [3.8, 4) is 5.75 Å². The van der Waals surface area contributed by atoms with Crippen molar-refractivity contribution in [1.82, 2.24) is 14.8 Å². The Morgan fingerprint density at radius 1 is 1.22 bits per heavy atom. The summed E-state index contributed by atoms with van der Waals surface area (Å²) in [6.45, 7) is 4.95. The minimum absolute atomic E-state index is 0.0302. The molecule has 0 aliphatic carbocycles. The highest BCUT2D eigenvalue weighted by molar-refractivity contribution is 5.26. The molecule has 0 radical (unpaired) electrons. The molecule has 18 heavy (non-hydrogen) atoms. The number of benzene rings is 1. The number of rotatable bonds is 2. The molecule has 0 saturated carbocycles. The zero-order chi connectivity index (χ0) is 12.5. The number of hydrogen-bond donors (Lipinski definition) is 0. The fraction of sp³-hybridized carbons (Fsp3) is 0.429. The maximum Gasteiger partial charge on any atom is 0.168 e. The summed E-state index contributed by atoms with van der Waals surface area (Å²) >= 11 is 0. The van der Waals surface area contributed by atoms with Gasteiger partial charge in [-0.05, 0) is 38.8 Å². The molecule has 1 unspecified atom stereocenters. The van der Waals surface area contributed by atoms with Crippen LogP contribution in [-0.4, -0.2) is 14.8 Å². The lowest BCUT2D eigenvalue weighted by molar-refractivity contribution is 0.155. The van der Waals surface area contributed by atoms with Crippen LogP contribution in [0, 0.1) is 13.8 Å². The molecule has 1 aliphatic rings. The van der Waals surface area contributed by atoms with E-state index in [1.807, 2.05) is 23.7 Å². The smallest absolute Gasteiger partial charge is 0.168 e. The second-order valence-electron chi connectivity index (χ2n) is 4.80. The Hall–Kier alpha value is -1.84. The molecule has 1 aromatic carbocycles. The lowest BCUT2D eigenvalue weighted by Gasteiger charge is -2.23. The SMILES string of the molecule is Cc1ccc(OC2CCCn3nc(C)nc32)cc1. The zero-order valence-corrected chi connectivity index (χ0v) is 10.8. The van der Waals surface area contributed by atoms with Crippen LogP contribution in [0.1, 0.15) is 36.2 Å². The monoisotopic (exact) mass is 243 g/mol. The number of hydrogen-bond acceptors (Lipinski definition) is 3. The van der Waals surface area contributed by atoms with Crippen LogP contribution in [0.2, 0.25) is 0 Å². The Morgan fingerprint density at radius 3 is 2.78 bits per heavy atom. The molecule has 0 fully saturated rings. The van der Waals surface area contributed by atoms with E-state index in [1.54, 1.807) is 0 Å². The average molecular weight is 243 g/mol. The highest BCUT2D eigenvalue weighted by atomic mass is 16.5. The molecule has 0 spiro atoms. The summed E-state index contributed by atoms with van der Waals surface area (Å²) in [6, 6.07) is 8.15. The third-order valence-electron chi connectivity index (χ3n) is 3.23. The number of nitrogens with zero attached hydrogens (tertiary/aromatic N) is 3. The minimum atomic E-state index is 0.0302. The third-order valence-corrected chi connectivity index (χ3v) is 3.23. The van der Waals surface area contributed by atoms with Gasteiger partial charge in [-0.15, -0.1) is 0 Å². The van der Waals surface area contributed by atoms with Gasteiger partial charge in [0.2, 0.25) is 0 Å². The second kappa shape index (κ2) is 4.44. The van der Waals surface area contributed by atoms with Gasteiger partial charge in [0.1, 0.15) is 11.6 Å². The van der Waals surface area contributed by atoms with Crippen LogP contribution in [-0.2, 0) is 6.54 Å². The average Bonchev–Trinajstić information content (AvgIpc) is 2.73. The van der Waals surface area contributed by atoms with Crippen molar-refractivity contribution in [1.29, 1.82) is 0 Å². The topological polar surface area (TPSA) is 39.9 Å². The van der Waals surface area contributed by atoms with Crippen molar-refractivity contribution in [2.24, 2.45) is 0 Å². The van der Waals surface area contributed by atoms with E-state index in [2.05, 4.69) is 29.1 Å². The lowest BCUT2D eigenvalue weighted by atomic mass is 10.1. The van der Waals surface area contributed by atoms with Crippen LogP contribution >= 0.6 is 0 Å². The van der Waals surface area contributed by atoms with Gasteiger partial charge in [0.25, 0.3) is 0 Å². The first kappa shape index (κ1) is 11.3. The molecular formula is C14H17N3O. The molecule has 1 aliphatic heterocycles. The standard InChI is InChI=1S/C14H17N3O/c1-10-5-7-12(8-6-10)18-13-4-3-9-17-14(13)15-11(2)16-17/h5-8,13H,3-4,9H2,1-2H3. The molecule has 0 N–H and O–H groups in total. The Bertz CT molecular complexity index is 545. The molecule has 0 amide bonds. The summed E-state index contributed by atoms with van der Waals surface area (Å²) in [5.41, 5.74) is 1.24. The summed E-state index contributed by atoms with van der Waals surface area (Å²) < 4.78 is 8.00. The largest absolute Gasteiger partial charge is 0.482 e. The van der Waals surface area contributed by atoms with Gasteiger partial charge in [0.15, 0.2) is 11.9 Å². The molecule has 0 saturated heterocycles. The van der Waals surface area contributed by atoms with Crippen LogP contribution in [0.4, 0.5) is 0 Å². The van der Waals surface area contributed by atoms with Gasteiger partial charge < -0.3 is 4.74 Å². The Kier molecular flexibility index (Phi) is 2.78. The van der Waals surface area contributed by atoms with Gasteiger partial charge in [0.05, 0.1) is 0 Å². The van der Waals surface area contributed by atoms with E-state index in [9.17, 15) is 0 Å². The van der Waals surface area contributed by atoms with Crippen LogP contribution < -0.4 is 4.74 Å². The summed E-state index contributed by atoms with van der Waals surface area (Å²) in [6.07, 6.45) is 2.13. The highest BCUT2D eigenvalue weighted by Gasteiger charge is 2.25. The number of fused-ring (bicyclic) bond motifs is 1. The van der Waals surface area contributed by atoms with Gasteiger partial charge in [-0.1, -0.05) is 17.7 Å². The number of aromatic nitrogens is 3. The van der Waals surface area contributed by atoms with Crippen molar-refractivity contribution >= 4 is 0 Å². The van der Waals surface area contributed by atoms with E-state index in [0.717, 1.165) is 36.8 Å². The predicted molar refractivity (Wildman–Crippen MR) is 68.5 cm³/mol. The van der Waals surface area contributed by atoms with Gasteiger partial charge in [-0.25, -0.2) is 9.67 Å². The molecule has 2 aromatic rings. The summed E-state index contributed by atoms with van der Waals surface area (Å²) in [4.78, 5) is 4.47. The van der Waals surface area contributed by atoms with Gasteiger partial charge in [-0.2, -0.15) is 5.10 Å². The summed E-state index contributed by atoms with van der Waals surface area (Å²) in [7, 11) is 0. The quantitative estimate of drug-likeness (QED) is 0.814. The van der Waals surface area contributed by atoms with E-state index in [-0.39, 0.29) is 6.10 Å².